The summed E-state index contributed by atoms with van der Waals surface area (Å²) in [6.07, 6.45) is 5.47. The van der Waals surface area contributed by atoms with Gasteiger partial charge in [0, 0.05) is 29.3 Å². The lowest BCUT2D eigenvalue weighted by molar-refractivity contribution is 0.0961. The normalized spacial score (nSPS) is 16.9. The summed E-state index contributed by atoms with van der Waals surface area (Å²) in [5.74, 6) is 0.213. The van der Waals surface area contributed by atoms with Gasteiger partial charge in [-0.1, -0.05) is 42.5 Å². The molecule has 2 nitrogen and oxygen atoms in total. The van der Waals surface area contributed by atoms with Crippen LogP contribution >= 0.6 is 0 Å². The summed E-state index contributed by atoms with van der Waals surface area (Å²) in [4.78, 5) is 17.2. The van der Waals surface area contributed by atoms with Gasteiger partial charge in [0.2, 0.25) is 0 Å². The summed E-state index contributed by atoms with van der Waals surface area (Å²) in [6, 6.07) is 16.2. The van der Waals surface area contributed by atoms with Crippen LogP contribution in [-0.2, 0) is 6.42 Å². The van der Waals surface area contributed by atoms with Gasteiger partial charge in [0.25, 0.3) is 0 Å². The molecule has 0 aliphatic heterocycles. The highest BCUT2D eigenvalue weighted by molar-refractivity contribution is 6.11. The number of aromatic nitrogens is 1. The fourth-order valence-corrected chi connectivity index (χ4v) is 3.35. The minimum absolute atomic E-state index is 0.00740. The van der Waals surface area contributed by atoms with Crippen molar-refractivity contribution >= 4 is 16.6 Å². The van der Waals surface area contributed by atoms with Crippen molar-refractivity contribution in [2.45, 2.75) is 18.8 Å². The predicted octanol–water partition coefficient (Wildman–Crippen LogP) is 4.15. The van der Waals surface area contributed by atoms with Gasteiger partial charge < -0.3 is 0 Å². The molecule has 3 aromatic rings. The molecule has 1 aliphatic rings. The number of nitrogens with zero attached hydrogens (tertiary/aromatic N) is 1. The van der Waals surface area contributed by atoms with Crippen molar-refractivity contribution in [2.75, 3.05) is 0 Å². The molecule has 2 heteroatoms. The second-order valence-corrected chi connectivity index (χ2v) is 5.56. The van der Waals surface area contributed by atoms with Crippen LogP contribution in [0.1, 0.15) is 33.8 Å². The van der Waals surface area contributed by atoms with Crippen LogP contribution in [0.25, 0.3) is 10.8 Å². The largest absolute Gasteiger partial charge is 0.293 e. The molecule has 0 saturated heterocycles. The molecule has 4 rings (SSSR count). The van der Waals surface area contributed by atoms with Crippen LogP contribution in [0.4, 0.5) is 0 Å². The number of aryl methyl sites for hydroxylation is 1. The number of carbonyl (C=O) groups is 1. The molecule has 0 N–H and O–H groups in total. The second kappa shape index (κ2) is 4.81. The Hall–Kier alpha value is -2.48. The Morgan fingerprint density at radius 2 is 1.95 bits per heavy atom. The number of rotatable bonds is 2. The Morgan fingerprint density at radius 1 is 1.05 bits per heavy atom. The van der Waals surface area contributed by atoms with Crippen molar-refractivity contribution < 1.29 is 4.79 Å². The van der Waals surface area contributed by atoms with E-state index in [2.05, 4.69) is 17.1 Å². The minimum atomic E-state index is -0.00740. The Morgan fingerprint density at radius 3 is 2.90 bits per heavy atom. The van der Waals surface area contributed by atoms with Gasteiger partial charge in [-0.05, 0) is 35.4 Å². The van der Waals surface area contributed by atoms with Gasteiger partial charge in [-0.2, -0.15) is 0 Å². The summed E-state index contributed by atoms with van der Waals surface area (Å²) < 4.78 is 0. The number of Topliss-reactive ketones (excluding diaryl/α,β-unsaturated/α-hetero) is 1. The number of fused-ring (bicyclic) bond motifs is 2. The van der Waals surface area contributed by atoms with Gasteiger partial charge in [0.15, 0.2) is 5.78 Å². The third-order valence-corrected chi connectivity index (χ3v) is 4.40. The summed E-state index contributed by atoms with van der Waals surface area (Å²) in [7, 11) is 0. The molecule has 1 aromatic heterocycles. The Balaban J connectivity index is 1.82. The van der Waals surface area contributed by atoms with E-state index in [1.165, 1.54) is 11.1 Å². The standard InChI is InChI=1S/C19H15NO/c21-19(17-9-8-13-4-1-2-6-15(13)17)16-7-3-5-14-10-11-20-12-18(14)16/h1-7,10-12,17H,8-9H2. The van der Waals surface area contributed by atoms with Crippen LogP contribution < -0.4 is 0 Å². The highest BCUT2D eigenvalue weighted by Gasteiger charge is 2.29. The zero-order valence-electron chi connectivity index (χ0n) is 11.6. The molecular formula is C19H15NO. The molecule has 0 fully saturated rings. The maximum Gasteiger partial charge on any atom is 0.171 e. The van der Waals surface area contributed by atoms with Crippen LogP contribution in [0.2, 0.25) is 0 Å². The zero-order valence-corrected chi connectivity index (χ0v) is 11.6. The maximum absolute atomic E-state index is 13.0. The molecule has 0 bridgehead atoms. The fraction of sp³-hybridized carbons (Fsp3) is 0.158. The Labute approximate surface area is 123 Å². The SMILES string of the molecule is O=C(c1cccc2ccncc12)C1CCc2ccccc21. The fourth-order valence-electron chi connectivity index (χ4n) is 3.35. The van der Waals surface area contributed by atoms with E-state index in [0.29, 0.717) is 0 Å². The van der Waals surface area contributed by atoms with Crippen LogP contribution in [0.15, 0.2) is 60.9 Å². The topological polar surface area (TPSA) is 30.0 Å². The summed E-state index contributed by atoms with van der Waals surface area (Å²) >= 11 is 0. The molecule has 0 saturated carbocycles. The van der Waals surface area contributed by atoms with Crippen LogP contribution in [-0.4, -0.2) is 10.8 Å². The van der Waals surface area contributed by atoms with E-state index in [9.17, 15) is 4.79 Å². The lowest BCUT2D eigenvalue weighted by Gasteiger charge is -2.12. The average Bonchev–Trinajstić information content (AvgIpc) is 2.98. The molecule has 1 atom stereocenters. The molecule has 1 unspecified atom stereocenters. The monoisotopic (exact) mass is 273 g/mol. The Kier molecular flexibility index (Phi) is 2.81. The number of ketones is 1. The number of pyridine rings is 1. The highest BCUT2D eigenvalue weighted by atomic mass is 16.1. The van der Waals surface area contributed by atoms with E-state index < -0.39 is 0 Å². The molecule has 0 amide bonds. The van der Waals surface area contributed by atoms with Gasteiger partial charge in [0.05, 0.1) is 0 Å². The first-order valence-corrected chi connectivity index (χ1v) is 7.29. The molecule has 21 heavy (non-hydrogen) atoms. The molecule has 2 aromatic carbocycles. The van der Waals surface area contributed by atoms with E-state index >= 15 is 0 Å². The quantitative estimate of drug-likeness (QED) is 0.657. The predicted molar refractivity (Wildman–Crippen MR) is 83.6 cm³/mol. The number of benzene rings is 2. The van der Waals surface area contributed by atoms with Crippen LogP contribution in [0.3, 0.4) is 0 Å². The van der Waals surface area contributed by atoms with Crippen molar-refractivity contribution in [3.05, 3.63) is 77.6 Å². The lowest BCUT2D eigenvalue weighted by Crippen LogP contribution is -2.10. The summed E-state index contributed by atoms with van der Waals surface area (Å²) in [6.45, 7) is 0. The summed E-state index contributed by atoms with van der Waals surface area (Å²) in [5.41, 5.74) is 3.31. The minimum Gasteiger partial charge on any atom is -0.293 e. The van der Waals surface area contributed by atoms with Crippen molar-refractivity contribution in [1.82, 2.24) is 4.98 Å². The van der Waals surface area contributed by atoms with Crippen molar-refractivity contribution in [1.29, 1.82) is 0 Å². The first-order valence-electron chi connectivity index (χ1n) is 7.29. The first-order chi connectivity index (χ1) is 10.3. The zero-order chi connectivity index (χ0) is 14.2. The second-order valence-electron chi connectivity index (χ2n) is 5.56. The smallest absolute Gasteiger partial charge is 0.171 e. The maximum atomic E-state index is 13.0. The molecule has 1 aliphatic carbocycles. The van der Waals surface area contributed by atoms with Gasteiger partial charge in [-0.15, -0.1) is 0 Å². The van der Waals surface area contributed by atoms with E-state index in [1.807, 2.05) is 36.4 Å². The van der Waals surface area contributed by atoms with Gasteiger partial charge in [-0.3, -0.25) is 9.78 Å². The van der Waals surface area contributed by atoms with E-state index in [0.717, 1.165) is 29.2 Å². The van der Waals surface area contributed by atoms with E-state index in [1.54, 1.807) is 12.4 Å². The molecular weight excluding hydrogens is 258 g/mol. The van der Waals surface area contributed by atoms with Crippen LogP contribution in [0.5, 0.6) is 0 Å². The third-order valence-electron chi connectivity index (χ3n) is 4.40. The van der Waals surface area contributed by atoms with Gasteiger partial charge >= 0.3 is 0 Å². The molecule has 1 heterocycles. The van der Waals surface area contributed by atoms with Crippen molar-refractivity contribution in [3.63, 3.8) is 0 Å². The van der Waals surface area contributed by atoms with Crippen molar-refractivity contribution in [3.8, 4) is 0 Å². The Bertz CT molecular complexity index is 832. The van der Waals surface area contributed by atoms with Gasteiger partial charge in [-0.25, -0.2) is 0 Å². The molecule has 102 valence electrons. The number of hydrogen-bond donors (Lipinski definition) is 0. The molecule has 0 spiro atoms. The highest BCUT2D eigenvalue weighted by Crippen LogP contribution is 2.36. The molecule has 0 radical (unpaired) electrons. The van der Waals surface area contributed by atoms with Gasteiger partial charge in [0.1, 0.15) is 0 Å². The van der Waals surface area contributed by atoms with Crippen LogP contribution in [0, 0.1) is 0 Å². The first kappa shape index (κ1) is 12.3. The average molecular weight is 273 g/mol. The van der Waals surface area contributed by atoms with Crippen molar-refractivity contribution in [2.24, 2.45) is 0 Å². The third kappa shape index (κ3) is 1.95. The number of hydrogen-bond acceptors (Lipinski definition) is 2. The summed E-state index contributed by atoms with van der Waals surface area (Å²) in [5, 5.41) is 2.02. The number of carbonyl (C=O) groups excluding carboxylic acids is 1. The lowest BCUT2D eigenvalue weighted by atomic mass is 9.90. The van der Waals surface area contributed by atoms with E-state index in [4.69, 9.17) is 0 Å². The van der Waals surface area contributed by atoms with E-state index in [-0.39, 0.29) is 11.7 Å².